The first-order chi connectivity index (χ1) is 9.04. The van der Waals surface area contributed by atoms with Crippen molar-refractivity contribution in [2.45, 2.75) is 38.8 Å². The van der Waals surface area contributed by atoms with Gasteiger partial charge in [-0.2, -0.15) is 0 Å². The molecule has 0 spiro atoms. The second-order valence-corrected chi connectivity index (χ2v) is 5.62. The molecule has 104 valence electrons. The number of rotatable bonds is 4. The van der Waals surface area contributed by atoms with E-state index in [9.17, 15) is 9.90 Å². The van der Waals surface area contributed by atoms with E-state index in [1.807, 2.05) is 31.2 Å². The quantitative estimate of drug-likeness (QED) is 0.917. The summed E-state index contributed by atoms with van der Waals surface area (Å²) in [6.45, 7) is 5.00. The molecule has 2 rings (SSSR count). The molecular formula is C15H20ClNO2. The zero-order valence-electron chi connectivity index (χ0n) is 11.3. The van der Waals surface area contributed by atoms with Gasteiger partial charge >= 0.3 is 5.97 Å². The first-order valence-electron chi connectivity index (χ1n) is 6.78. The van der Waals surface area contributed by atoms with Crippen molar-refractivity contribution in [3.05, 3.63) is 34.9 Å². The smallest absolute Gasteiger partial charge is 0.308 e. The lowest BCUT2D eigenvalue weighted by molar-refractivity contribution is -0.142. The highest BCUT2D eigenvalue weighted by Gasteiger charge is 2.38. The van der Waals surface area contributed by atoms with Gasteiger partial charge in [0.05, 0.1) is 5.92 Å². The van der Waals surface area contributed by atoms with Crippen LogP contribution in [0.4, 0.5) is 0 Å². The maximum Gasteiger partial charge on any atom is 0.308 e. The van der Waals surface area contributed by atoms with Crippen LogP contribution >= 0.6 is 11.6 Å². The molecular weight excluding hydrogens is 262 g/mol. The van der Waals surface area contributed by atoms with E-state index in [4.69, 9.17) is 11.6 Å². The molecule has 1 aromatic carbocycles. The fourth-order valence-electron chi connectivity index (χ4n) is 3.08. The Hall–Kier alpha value is -1.06. The molecule has 0 radical (unpaired) electrons. The molecule has 1 N–H and O–H groups in total. The first kappa shape index (κ1) is 14.4. The van der Waals surface area contributed by atoms with E-state index < -0.39 is 5.97 Å². The molecule has 3 atom stereocenters. The molecule has 1 aliphatic rings. The summed E-state index contributed by atoms with van der Waals surface area (Å²) >= 11 is 5.92. The monoisotopic (exact) mass is 281 g/mol. The Morgan fingerprint density at radius 2 is 2.11 bits per heavy atom. The van der Waals surface area contributed by atoms with Gasteiger partial charge in [0.15, 0.2) is 0 Å². The Kier molecular flexibility index (Phi) is 4.48. The number of likely N-dealkylation sites (tertiary alicyclic amines) is 1. The van der Waals surface area contributed by atoms with E-state index in [0.29, 0.717) is 0 Å². The second-order valence-electron chi connectivity index (χ2n) is 5.19. The molecule has 1 fully saturated rings. The average Bonchev–Trinajstić information content (AvgIpc) is 2.75. The van der Waals surface area contributed by atoms with Crippen molar-refractivity contribution in [2.75, 3.05) is 6.54 Å². The van der Waals surface area contributed by atoms with E-state index in [1.54, 1.807) is 0 Å². The molecule has 0 aromatic heterocycles. The highest BCUT2D eigenvalue weighted by atomic mass is 35.5. The molecule has 0 amide bonds. The zero-order valence-corrected chi connectivity index (χ0v) is 12.1. The van der Waals surface area contributed by atoms with Gasteiger partial charge in [0, 0.05) is 17.1 Å². The maximum atomic E-state index is 11.2. The summed E-state index contributed by atoms with van der Waals surface area (Å²) in [6.07, 6.45) is 1.71. The van der Waals surface area contributed by atoms with Crippen molar-refractivity contribution in [1.29, 1.82) is 0 Å². The molecule has 0 bridgehead atoms. The van der Waals surface area contributed by atoms with Crippen LogP contribution in [0.2, 0.25) is 5.02 Å². The number of benzene rings is 1. The van der Waals surface area contributed by atoms with Gasteiger partial charge in [-0.25, -0.2) is 0 Å². The van der Waals surface area contributed by atoms with Crippen LogP contribution in [0.1, 0.15) is 38.3 Å². The summed E-state index contributed by atoms with van der Waals surface area (Å²) in [5, 5.41) is 9.95. The normalized spacial score (nSPS) is 25.4. The van der Waals surface area contributed by atoms with Gasteiger partial charge in [-0.1, -0.05) is 30.7 Å². The van der Waals surface area contributed by atoms with Crippen molar-refractivity contribution >= 4 is 17.6 Å². The van der Waals surface area contributed by atoms with Crippen LogP contribution in [0.25, 0.3) is 0 Å². The Labute approximate surface area is 119 Å². The fraction of sp³-hybridized carbons (Fsp3) is 0.533. The van der Waals surface area contributed by atoms with Gasteiger partial charge in [0.25, 0.3) is 0 Å². The molecule has 19 heavy (non-hydrogen) atoms. The molecule has 0 saturated carbocycles. The molecule has 1 aromatic rings. The number of hydrogen-bond acceptors (Lipinski definition) is 2. The minimum absolute atomic E-state index is 0.0816. The maximum absolute atomic E-state index is 11.2. The van der Waals surface area contributed by atoms with E-state index in [0.717, 1.165) is 24.4 Å². The number of halogens is 1. The molecule has 1 heterocycles. The number of aliphatic carboxylic acids is 1. The molecule has 3 nitrogen and oxygen atoms in total. The third-order valence-corrected chi connectivity index (χ3v) is 4.41. The lowest BCUT2D eigenvalue weighted by atomic mass is 9.99. The largest absolute Gasteiger partial charge is 0.481 e. The van der Waals surface area contributed by atoms with Gasteiger partial charge in [0.1, 0.15) is 0 Å². The third kappa shape index (κ3) is 2.93. The summed E-state index contributed by atoms with van der Waals surface area (Å²) in [4.78, 5) is 13.5. The van der Waals surface area contributed by atoms with E-state index in [-0.39, 0.29) is 18.0 Å². The van der Waals surface area contributed by atoms with Gasteiger partial charge in [0.2, 0.25) is 0 Å². The standard InChI is InChI=1S/C15H20ClNO2/c1-3-14(11-4-6-12(16)7-5-11)17-9-8-13(10(17)2)15(18)19/h4-7,10,13-14H,3,8-9H2,1-2H3,(H,18,19). The van der Waals surface area contributed by atoms with Crippen LogP contribution in [-0.4, -0.2) is 28.6 Å². The second kappa shape index (κ2) is 5.93. The van der Waals surface area contributed by atoms with Crippen LogP contribution in [0.5, 0.6) is 0 Å². The van der Waals surface area contributed by atoms with Crippen molar-refractivity contribution in [3.8, 4) is 0 Å². The number of nitrogens with zero attached hydrogens (tertiary/aromatic N) is 1. The van der Waals surface area contributed by atoms with Crippen LogP contribution in [-0.2, 0) is 4.79 Å². The average molecular weight is 282 g/mol. The summed E-state index contributed by atoms with van der Waals surface area (Å²) < 4.78 is 0. The van der Waals surface area contributed by atoms with Gasteiger partial charge in [-0.3, -0.25) is 9.69 Å². The summed E-state index contributed by atoms with van der Waals surface area (Å²) in [5.74, 6) is -0.928. The van der Waals surface area contributed by atoms with Crippen molar-refractivity contribution in [1.82, 2.24) is 4.90 Å². The minimum Gasteiger partial charge on any atom is -0.481 e. The molecule has 4 heteroatoms. The minimum atomic E-state index is -0.680. The highest BCUT2D eigenvalue weighted by molar-refractivity contribution is 6.30. The zero-order chi connectivity index (χ0) is 14.0. The van der Waals surface area contributed by atoms with Crippen molar-refractivity contribution < 1.29 is 9.90 Å². The third-order valence-electron chi connectivity index (χ3n) is 4.16. The first-order valence-corrected chi connectivity index (χ1v) is 7.16. The summed E-state index contributed by atoms with van der Waals surface area (Å²) in [6, 6.07) is 8.23. The number of carboxylic acid groups (broad SMARTS) is 1. The van der Waals surface area contributed by atoms with Crippen LogP contribution < -0.4 is 0 Å². The molecule has 1 aliphatic heterocycles. The Morgan fingerprint density at radius 1 is 1.47 bits per heavy atom. The fourth-order valence-corrected chi connectivity index (χ4v) is 3.21. The van der Waals surface area contributed by atoms with Gasteiger partial charge in [-0.15, -0.1) is 0 Å². The summed E-state index contributed by atoms with van der Waals surface area (Å²) in [5.41, 5.74) is 1.21. The Balaban J connectivity index is 2.19. The van der Waals surface area contributed by atoms with Gasteiger partial charge < -0.3 is 5.11 Å². The predicted molar refractivity (Wildman–Crippen MR) is 76.4 cm³/mol. The van der Waals surface area contributed by atoms with E-state index >= 15 is 0 Å². The lowest BCUT2D eigenvalue weighted by Gasteiger charge is -2.32. The van der Waals surface area contributed by atoms with E-state index in [2.05, 4.69) is 11.8 Å². The molecule has 1 saturated heterocycles. The topological polar surface area (TPSA) is 40.5 Å². The molecule has 0 aliphatic carbocycles. The number of hydrogen-bond donors (Lipinski definition) is 1. The van der Waals surface area contributed by atoms with Crippen LogP contribution in [0.15, 0.2) is 24.3 Å². The van der Waals surface area contributed by atoms with E-state index in [1.165, 1.54) is 5.56 Å². The summed E-state index contributed by atoms with van der Waals surface area (Å²) in [7, 11) is 0. The molecule has 3 unspecified atom stereocenters. The Bertz CT molecular complexity index is 446. The Morgan fingerprint density at radius 3 is 2.58 bits per heavy atom. The van der Waals surface area contributed by atoms with Crippen LogP contribution in [0.3, 0.4) is 0 Å². The highest BCUT2D eigenvalue weighted by Crippen LogP contribution is 2.35. The lowest BCUT2D eigenvalue weighted by Crippen LogP contribution is -2.35. The SMILES string of the molecule is CCC(c1ccc(Cl)cc1)N1CCC(C(=O)O)C1C. The van der Waals surface area contributed by atoms with Gasteiger partial charge in [-0.05, 0) is 44.0 Å². The number of carbonyl (C=O) groups is 1. The number of carboxylic acids is 1. The van der Waals surface area contributed by atoms with Crippen molar-refractivity contribution in [3.63, 3.8) is 0 Å². The predicted octanol–water partition coefficient (Wildman–Crippen LogP) is 3.59. The van der Waals surface area contributed by atoms with Crippen LogP contribution in [0, 0.1) is 5.92 Å². The van der Waals surface area contributed by atoms with Crippen molar-refractivity contribution in [2.24, 2.45) is 5.92 Å².